The maximum Gasteiger partial charge on any atom is 0.303 e. The molecule has 1 fully saturated rings. The molecule has 1 atom stereocenters. The summed E-state index contributed by atoms with van der Waals surface area (Å²) in [6.45, 7) is 1.21. The van der Waals surface area contributed by atoms with Gasteiger partial charge in [-0.2, -0.15) is 0 Å². The van der Waals surface area contributed by atoms with Crippen LogP contribution in [0.1, 0.15) is 49.4 Å². The Labute approximate surface area is 229 Å². The van der Waals surface area contributed by atoms with Crippen molar-refractivity contribution < 1.29 is 42.0 Å². The molecule has 0 spiro atoms. The number of aliphatic hydroxyl groups excluding tert-OH is 1. The zero-order chi connectivity index (χ0) is 28.9. The molecule has 40 heavy (non-hydrogen) atoms. The molecule has 1 saturated heterocycles. The van der Waals surface area contributed by atoms with Crippen LogP contribution in [0.25, 0.3) is 10.9 Å². The van der Waals surface area contributed by atoms with Gasteiger partial charge in [-0.05, 0) is 62.4 Å². The summed E-state index contributed by atoms with van der Waals surface area (Å²) in [5, 5.41) is 20.0. The number of likely N-dealkylation sites (tertiary alicyclic amines) is 1. The molecule has 0 aliphatic carbocycles. The molecular formula is C29H32F4N2O5. The van der Waals surface area contributed by atoms with Crippen LogP contribution < -0.4 is 9.47 Å². The minimum atomic E-state index is -1.56. The Morgan fingerprint density at radius 2 is 1.82 bits per heavy atom. The molecule has 1 aliphatic heterocycles. The van der Waals surface area contributed by atoms with Crippen LogP contribution in [0.5, 0.6) is 11.5 Å². The fraction of sp³-hybridized carbons (Fsp3) is 0.448. The van der Waals surface area contributed by atoms with E-state index in [9.17, 15) is 28.2 Å². The van der Waals surface area contributed by atoms with E-state index in [2.05, 4.69) is 4.98 Å². The second-order valence-corrected chi connectivity index (χ2v) is 10.2. The highest BCUT2D eigenvalue weighted by Crippen LogP contribution is 2.43. The Kier molecular flexibility index (Phi) is 9.47. The number of pyridine rings is 1. The second kappa shape index (κ2) is 12.8. The number of fused-ring (bicyclic) bond motifs is 1. The van der Waals surface area contributed by atoms with Crippen LogP contribution >= 0.6 is 0 Å². The molecule has 11 heteroatoms. The molecule has 1 unspecified atom stereocenters. The number of carbonyl (C=O) groups is 1. The Morgan fingerprint density at radius 3 is 2.45 bits per heavy atom. The number of halogens is 4. The number of methoxy groups -OCH3 is 1. The molecule has 7 nitrogen and oxygen atoms in total. The maximum absolute atomic E-state index is 15.9. The number of carboxylic acid groups (broad SMARTS) is 1. The number of carboxylic acids is 1. The number of aliphatic hydroxyl groups is 1. The molecule has 2 heterocycles. The second-order valence-electron chi connectivity index (χ2n) is 10.2. The zero-order valence-corrected chi connectivity index (χ0v) is 22.1. The fourth-order valence-corrected chi connectivity index (χ4v) is 5.43. The van der Waals surface area contributed by atoms with E-state index in [-0.39, 0.29) is 31.8 Å². The first-order valence-corrected chi connectivity index (χ1v) is 13.1. The van der Waals surface area contributed by atoms with E-state index in [0.717, 1.165) is 12.1 Å². The molecule has 216 valence electrons. The highest BCUT2D eigenvalue weighted by Gasteiger charge is 2.37. The number of nitrogens with zero attached hydrogens (tertiary/aromatic N) is 2. The first kappa shape index (κ1) is 29.5. The average Bonchev–Trinajstić information content (AvgIpc) is 2.94. The lowest BCUT2D eigenvalue weighted by atomic mass is 9.71. The minimum Gasteiger partial charge on any atom is -0.497 e. The third kappa shape index (κ3) is 6.82. The van der Waals surface area contributed by atoms with Gasteiger partial charge in [0.2, 0.25) is 0 Å². The van der Waals surface area contributed by atoms with Gasteiger partial charge in [-0.3, -0.25) is 14.7 Å². The van der Waals surface area contributed by atoms with Crippen LogP contribution in [0.15, 0.2) is 36.5 Å². The highest BCUT2D eigenvalue weighted by atomic mass is 19.2. The van der Waals surface area contributed by atoms with E-state index in [0.29, 0.717) is 66.7 Å². The maximum atomic E-state index is 15.9. The van der Waals surface area contributed by atoms with Crippen molar-refractivity contribution in [2.75, 3.05) is 33.4 Å². The first-order valence-electron chi connectivity index (χ1n) is 13.1. The van der Waals surface area contributed by atoms with Gasteiger partial charge in [0, 0.05) is 41.4 Å². The van der Waals surface area contributed by atoms with Crippen molar-refractivity contribution in [3.63, 3.8) is 0 Å². The summed E-state index contributed by atoms with van der Waals surface area (Å²) >= 11 is 0. The van der Waals surface area contributed by atoms with Crippen molar-refractivity contribution in [3.05, 3.63) is 65.1 Å². The smallest absolute Gasteiger partial charge is 0.303 e. The minimum absolute atomic E-state index is 0.0708. The van der Waals surface area contributed by atoms with Gasteiger partial charge in [0.15, 0.2) is 17.5 Å². The third-order valence-electron chi connectivity index (χ3n) is 7.69. The van der Waals surface area contributed by atoms with Gasteiger partial charge in [-0.15, -0.1) is 0 Å². The van der Waals surface area contributed by atoms with Crippen molar-refractivity contribution in [1.82, 2.24) is 9.88 Å². The molecule has 2 N–H and O–H groups in total. The molecule has 1 aliphatic rings. The van der Waals surface area contributed by atoms with Crippen molar-refractivity contribution >= 4 is 16.9 Å². The fourth-order valence-electron chi connectivity index (χ4n) is 5.43. The predicted molar refractivity (Wildman–Crippen MR) is 139 cm³/mol. The van der Waals surface area contributed by atoms with Crippen molar-refractivity contribution in [2.24, 2.45) is 5.41 Å². The van der Waals surface area contributed by atoms with Gasteiger partial charge in [0.25, 0.3) is 0 Å². The predicted octanol–water partition coefficient (Wildman–Crippen LogP) is 5.58. The van der Waals surface area contributed by atoms with E-state index < -0.39 is 35.0 Å². The highest BCUT2D eigenvalue weighted by molar-refractivity contribution is 5.85. The van der Waals surface area contributed by atoms with Crippen LogP contribution in [0, 0.1) is 22.9 Å². The first-order chi connectivity index (χ1) is 19.1. The molecule has 0 radical (unpaired) electrons. The van der Waals surface area contributed by atoms with Crippen molar-refractivity contribution in [2.45, 2.75) is 44.9 Å². The third-order valence-corrected chi connectivity index (χ3v) is 7.69. The molecule has 3 aromatic rings. The number of aliphatic carboxylic acids is 1. The van der Waals surface area contributed by atoms with Gasteiger partial charge >= 0.3 is 5.97 Å². The summed E-state index contributed by atoms with van der Waals surface area (Å²) < 4.78 is 66.5. The summed E-state index contributed by atoms with van der Waals surface area (Å²) in [6, 6.07) is 6.70. The lowest BCUT2D eigenvalue weighted by Gasteiger charge is -2.41. The average molecular weight is 565 g/mol. The number of piperidine rings is 1. The van der Waals surface area contributed by atoms with Crippen LogP contribution in [0.4, 0.5) is 17.6 Å². The monoisotopic (exact) mass is 564 g/mol. The standard InChI is InChI=1S/C29H32F4N2O5/c1-39-19-2-3-25-21(12-19)27(18(17-36)16-34-25)22(30)4-5-29(15-26(37)38)6-8-35(9-7-29)10-11-40-20-13-23(31)28(33)24(32)14-20/h2-3,12-14,16,22,36H,4-11,15,17H2,1H3,(H,37,38). The van der Waals surface area contributed by atoms with E-state index in [4.69, 9.17) is 9.47 Å². The van der Waals surface area contributed by atoms with E-state index >= 15 is 4.39 Å². The Bertz CT molecular complexity index is 1320. The molecule has 4 rings (SSSR count). The molecule has 0 saturated carbocycles. The van der Waals surface area contributed by atoms with Gasteiger partial charge in [-0.1, -0.05) is 0 Å². The Hall–Kier alpha value is -3.44. The summed E-state index contributed by atoms with van der Waals surface area (Å²) in [5.41, 5.74) is 0.658. The van der Waals surface area contributed by atoms with Crippen molar-refractivity contribution in [3.8, 4) is 11.5 Å². The topological polar surface area (TPSA) is 92.1 Å². The van der Waals surface area contributed by atoms with Gasteiger partial charge in [-0.25, -0.2) is 17.6 Å². The van der Waals surface area contributed by atoms with Crippen LogP contribution in [0.3, 0.4) is 0 Å². The van der Waals surface area contributed by atoms with E-state index in [1.165, 1.54) is 13.3 Å². The Balaban J connectivity index is 1.40. The number of aromatic nitrogens is 1. The lowest BCUT2D eigenvalue weighted by molar-refractivity contribution is -0.141. The van der Waals surface area contributed by atoms with Crippen LogP contribution in [0.2, 0.25) is 0 Å². The Morgan fingerprint density at radius 1 is 1.12 bits per heavy atom. The summed E-state index contributed by atoms with van der Waals surface area (Å²) in [4.78, 5) is 18.1. The molecule has 2 aromatic carbocycles. The van der Waals surface area contributed by atoms with Gasteiger partial charge < -0.3 is 19.7 Å². The van der Waals surface area contributed by atoms with E-state index in [1.54, 1.807) is 18.2 Å². The summed E-state index contributed by atoms with van der Waals surface area (Å²) in [7, 11) is 1.51. The summed E-state index contributed by atoms with van der Waals surface area (Å²) in [6.07, 6.45) is 1.34. The number of hydrogen-bond acceptors (Lipinski definition) is 6. The quantitative estimate of drug-likeness (QED) is 0.219. The number of benzene rings is 2. The largest absolute Gasteiger partial charge is 0.497 e. The van der Waals surface area contributed by atoms with Gasteiger partial charge in [0.05, 0.1) is 25.7 Å². The molecule has 1 aromatic heterocycles. The number of ether oxygens (including phenoxy) is 2. The van der Waals surface area contributed by atoms with E-state index in [1.807, 2.05) is 4.90 Å². The lowest BCUT2D eigenvalue weighted by Crippen LogP contribution is -2.42. The van der Waals surface area contributed by atoms with Gasteiger partial charge in [0.1, 0.15) is 24.3 Å². The zero-order valence-electron chi connectivity index (χ0n) is 22.1. The van der Waals surface area contributed by atoms with Crippen LogP contribution in [-0.4, -0.2) is 59.4 Å². The SMILES string of the molecule is COc1ccc2ncc(CO)c(C(F)CCC3(CC(=O)O)CCN(CCOc4cc(F)c(F)c(F)c4)CC3)c2c1. The van der Waals surface area contributed by atoms with Crippen LogP contribution in [-0.2, 0) is 11.4 Å². The molecular weight excluding hydrogens is 532 g/mol. The molecule has 0 amide bonds. The molecule has 0 bridgehead atoms. The summed E-state index contributed by atoms with van der Waals surface area (Å²) in [5.74, 6) is -4.76. The normalized spacial score (nSPS) is 16.1. The number of alkyl halides is 1. The number of hydrogen-bond donors (Lipinski definition) is 2. The number of rotatable bonds is 12. The van der Waals surface area contributed by atoms with Crippen molar-refractivity contribution in [1.29, 1.82) is 0 Å².